The largest absolute Gasteiger partial charge is 0.507 e. The Morgan fingerprint density at radius 1 is 0.893 bits per heavy atom. The van der Waals surface area contributed by atoms with Crippen molar-refractivity contribution in [3.8, 4) is 11.4 Å². The summed E-state index contributed by atoms with van der Waals surface area (Å²) in [4.78, 5) is 38.0. The molecule has 3 aromatic rings. The molecule has 0 spiro atoms. The van der Waals surface area contributed by atoms with Gasteiger partial charge in [0.05, 0.1) is 16.8 Å². The monoisotopic (exact) mass is 375 g/mol. The van der Waals surface area contributed by atoms with E-state index in [1.54, 1.807) is 18.2 Å². The van der Waals surface area contributed by atoms with Crippen molar-refractivity contribution in [3.05, 3.63) is 92.4 Å². The topological polar surface area (TPSA) is 76.4 Å². The number of aryl methyl sites for hydroxylation is 3. The van der Waals surface area contributed by atoms with Gasteiger partial charge in [0.1, 0.15) is 5.75 Å². The van der Waals surface area contributed by atoms with Crippen molar-refractivity contribution in [1.29, 1.82) is 0 Å². The third-order valence-electron chi connectivity index (χ3n) is 4.67. The predicted octanol–water partition coefficient (Wildman–Crippen LogP) is 3.90. The van der Waals surface area contributed by atoms with Crippen LogP contribution >= 0.6 is 0 Å². The SMILES string of the molecule is CC(=O)c1cc(C(=O)c2cc(C)ccc2O)cn(-c2ccc(C)cc2C)c1=O. The summed E-state index contributed by atoms with van der Waals surface area (Å²) in [5.74, 6) is -1.03. The van der Waals surface area contributed by atoms with E-state index >= 15 is 0 Å². The number of aromatic hydroxyl groups is 1. The van der Waals surface area contributed by atoms with E-state index in [2.05, 4.69) is 0 Å². The van der Waals surface area contributed by atoms with E-state index in [-0.39, 0.29) is 22.4 Å². The molecule has 0 aliphatic carbocycles. The van der Waals surface area contributed by atoms with Crippen molar-refractivity contribution in [2.24, 2.45) is 0 Å². The predicted molar refractivity (Wildman–Crippen MR) is 108 cm³/mol. The highest BCUT2D eigenvalue weighted by Crippen LogP contribution is 2.23. The number of nitrogens with zero attached hydrogens (tertiary/aromatic N) is 1. The first-order chi connectivity index (χ1) is 13.2. The van der Waals surface area contributed by atoms with Gasteiger partial charge in [-0.1, -0.05) is 29.3 Å². The minimum Gasteiger partial charge on any atom is -0.507 e. The van der Waals surface area contributed by atoms with E-state index < -0.39 is 17.1 Å². The Hall–Kier alpha value is -3.47. The maximum absolute atomic E-state index is 13.0. The number of carbonyl (C=O) groups excluding carboxylic acids is 2. The molecule has 28 heavy (non-hydrogen) atoms. The molecule has 0 bridgehead atoms. The third-order valence-corrected chi connectivity index (χ3v) is 4.67. The summed E-state index contributed by atoms with van der Waals surface area (Å²) in [6.45, 7) is 6.92. The molecule has 0 radical (unpaired) electrons. The first-order valence-corrected chi connectivity index (χ1v) is 8.88. The summed E-state index contributed by atoms with van der Waals surface area (Å²) in [5.41, 5.74) is 3.03. The number of phenolic OH excluding ortho intramolecular Hbond substituents is 1. The van der Waals surface area contributed by atoms with Crippen LogP contribution in [0.2, 0.25) is 0 Å². The number of benzene rings is 2. The zero-order valence-corrected chi connectivity index (χ0v) is 16.2. The lowest BCUT2D eigenvalue weighted by atomic mass is 9.99. The maximum atomic E-state index is 13.0. The minimum atomic E-state index is -0.482. The summed E-state index contributed by atoms with van der Waals surface area (Å²) in [7, 11) is 0. The van der Waals surface area contributed by atoms with Crippen molar-refractivity contribution in [3.63, 3.8) is 0 Å². The van der Waals surface area contributed by atoms with E-state index in [1.807, 2.05) is 32.9 Å². The molecule has 142 valence electrons. The fourth-order valence-corrected chi connectivity index (χ4v) is 3.20. The van der Waals surface area contributed by atoms with Gasteiger partial charge in [0, 0.05) is 11.8 Å². The molecule has 1 aromatic heterocycles. The Balaban J connectivity index is 2.27. The van der Waals surface area contributed by atoms with E-state index in [1.165, 1.54) is 29.8 Å². The summed E-state index contributed by atoms with van der Waals surface area (Å²) in [6, 6.07) is 11.6. The van der Waals surface area contributed by atoms with Crippen LogP contribution in [-0.4, -0.2) is 21.2 Å². The normalized spacial score (nSPS) is 10.7. The number of carbonyl (C=O) groups is 2. The van der Waals surface area contributed by atoms with E-state index in [0.717, 1.165) is 16.7 Å². The molecular weight excluding hydrogens is 354 g/mol. The van der Waals surface area contributed by atoms with Crippen molar-refractivity contribution < 1.29 is 14.7 Å². The first kappa shape index (κ1) is 19.3. The number of Topliss-reactive ketones (excluding diaryl/α,β-unsaturated/α-hetero) is 1. The van der Waals surface area contributed by atoms with Crippen LogP contribution in [0.4, 0.5) is 0 Å². The molecule has 0 atom stereocenters. The van der Waals surface area contributed by atoms with Crippen LogP contribution in [0.15, 0.2) is 53.5 Å². The van der Waals surface area contributed by atoms with Crippen molar-refractivity contribution >= 4 is 11.6 Å². The van der Waals surface area contributed by atoms with Gasteiger partial charge in [0.15, 0.2) is 11.6 Å². The Labute approximate surface area is 162 Å². The Kier molecular flexibility index (Phi) is 5.01. The second-order valence-corrected chi connectivity index (χ2v) is 7.01. The summed E-state index contributed by atoms with van der Waals surface area (Å²) in [6.07, 6.45) is 1.43. The van der Waals surface area contributed by atoms with Crippen LogP contribution in [0, 0.1) is 20.8 Å². The molecule has 1 heterocycles. The molecule has 0 aliphatic rings. The Morgan fingerprint density at radius 3 is 2.18 bits per heavy atom. The molecule has 2 aromatic carbocycles. The zero-order valence-electron chi connectivity index (χ0n) is 16.2. The van der Waals surface area contributed by atoms with Crippen LogP contribution in [-0.2, 0) is 0 Å². The molecule has 3 rings (SSSR count). The van der Waals surface area contributed by atoms with Gasteiger partial charge in [-0.2, -0.15) is 0 Å². The number of hydrogen-bond donors (Lipinski definition) is 1. The van der Waals surface area contributed by atoms with Gasteiger partial charge in [0.2, 0.25) is 0 Å². The second kappa shape index (κ2) is 7.27. The lowest BCUT2D eigenvalue weighted by Crippen LogP contribution is -2.26. The maximum Gasteiger partial charge on any atom is 0.265 e. The minimum absolute atomic E-state index is 0.0713. The lowest BCUT2D eigenvalue weighted by molar-refractivity contribution is 0.101. The number of ketones is 2. The fourth-order valence-electron chi connectivity index (χ4n) is 3.20. The van der Waals surface area contributed by atoms with Crippen molar-refractivity contribution in [2.45, 2.75) is 27.7 Å². The molecular formula is C23H21NO4. The molecule has 5 nitrogen and oxygen atoms in total. The van der Waals surface area contributed by atoms with Gasteiger partial charge in [-0.25, -0.2) is 0 Å². The van der Waals surface area contributed by atoms with Gasteiger partial charge in [-0.3, -0.25) is 19.0 Å². The Morgan fingerprint density at radius 2 is 1.54 bits per heavy atom. The van der Waals surface area contributed by atoms with Crippen LogP contribution in [0.1, 0.15) is 49.9 Å². The van der Waals surface area contributed by atoms with Gasteiger partial charge in [-0.15, -0.1) is 0 Å². The van der Waals surface area contributed by atoms with E-state index in [9.17, 15) is 19.5 Å². The van der Waals surface area contributed by atoms with Crippen LogP contribution in [0.25, 0.3) is 5.69 Å². The number of phenols is 1. The van der Waals surface area contributed by atoms with E-state index in [0.29, 0.717) is 5.69 Å². The van der Waals surface area contributed by atoms with Gasteiger partial charge in [-0.05, 0) is 57.5 Å². The standard InChI is InChI=1S/C23H21NO4/c1-13-5-7-20(15(3)9-13)24-12-17(11-18(16(4)25)23(24)28)22(27)19-10-14(2)6-8-21(19)26/h5-12,26H,1-4H3. The summed E-state index contributed by atoms with van der Waals surface area (Å²) in [5, 5.41) is 10.1. The van der Waals surface area contributed by atoms with Crippen LogP contribution in [0.5, 0.6) is 5.75 Å². The molecule has 0 saturated heterocycles. The number of rotatable bonds is 4. The molecule has 0 aliphatic heterocycles. The first-order valence-electron chi connectivity index (χ1n) is 8.88. The van der Waals surface area contributed by atoms with Gasteiger partial charge < -0.3 is 5.11 Å². The average Bonchev–Trinajstić information content (AvgIpc) is 2.63. The van der Waals surface area contributed by atoms with Crippen molar-refractivity contribution in [2.75, 3.05) is 0 Å². The fraction of sp³-hybridized carbons (Fsp3) is 0.174. The average molecular weight is 375 g/mol. The molecule has 0 saturated carbocycles. The highest BCUT2D eigenvalue weighted by Gasteiger charge is 2.20. The smallest absolute Gasteiger partial charge is 0.265 e. The summed E-state index contributed by atoms with van der Waals surface area (Å²) >= 11 is 0. The molecule has 5 heteroatoms. The number of hydrogen-bond acceptors (Lipinski definition) is 4. The molecule has 1 N–H and O–H groups in total. The van der Waals surface area contributed by atoms with E-state index in [4.69, 9.17) is 0 Å². The molecule has 0 unspecified atom stereocenters. The summed E-state index contributed by atoms with van der Waals surface area (Å²) < 4.78 is 1.32. The molecule has 0 fully saturated rings. The van der Waals surface area contributed by atoms with Gasteiger partial charge in [0.25, 0.3) is 5.56 Å². The number of pyridine rings is 1. The third kappa shape index (κ3) is 3.51. The molecule has 0 amide bonds. The second-order valence-electron chi connectivity index (χ2n) is 7.01. The van der Waals surface area contributed by atoms with Crippen LogP contribution < -0.4 is 5.56 Å². The Bertz CT molecular complexity index is 1170. The highest BCUT2D eigenvalue weighted by molar-refractivity contribution is 6.11. The highest BCUT2D eigenvalue weighted by atomic mass is 16.3. The van der Waals surface area contributed by atoms with Gasteiger partial charge >= 0.3 is 0 Å². The zero-order chi connectivity index (χ0) is 20.6. The van der Waals surface area contributed by atoms with Crippen LogP contribution in [0.3, 0.4) is 0 Å². The lowest BCUT2D eigenvalue weighted by Gasteiger charge is -2.14. The number of aromatic nitrogens is 1. The van der Waals surface area contributed by atoms with Crippen molar-refractivity contribution in [1.82, 2.24) is 4.57 Å². The quantitative estimate of drug-likeness (QED) is 0.702.